The van der Waals surface area contributed by atoms with Crippen molar-refractivity contribution in [2.45, 2.75) is 57.3 Å². The van der Waals surface area contributed by atoms with E-state index in [0.29, 0.717) is 17.8 Å². The number of imidazole rings is 2. The standard InChI is InChI=1S/C21H32N8O5S/c1-3-11(2)17(20(32)27-15(21(33)34)5-13-7-24-10-26-13)29-19(31)16(8-35)28-18(30)14(22)4-12-6-23-9-25-12/h6-7,9-11,14-17,35H,3-5,8,22H2,1-2H3,(H,23,25)(H,24,26)(H,27,32)(H,28,30)(H,29,31)(H,33,34). The van der Waals surface area contributed by atoms with Crippen molar-refractivity contribution < 1.29 is 24.3 Å². The average molecular weight is 509 g/mol. The predicted octanol–water partition coefficient (Wildman–Crippen LogP) is -1.24. The van der Waals surface area contributed by atoms with Gasteiger partial charge in [0, 0.05) is 42.4 Å². The van der Waals surface area contributed by atoms with E-state index in [9.17, 15) is 24.3 Å². The van der Waals surface area contributed by atoms with Crippen molar-refractivity contribution in [1.29, 1.82) is 0 Å². The fraction of sp³-hybridized carbons (Fsp3) is 0.524. The quantitative estimate of drug-likeness (QED) is 0.144. The molecule has 2 aromatic rings. The number of carbonyl (C=O) groups excluding carboxylic acids is 3. The fourth-order valence-electron chi connectivity index (χ4n) is 3.23. The zero-order valence-corrected chi connectivity index (χ0v) is 20.4. The van der Waals surface area contributed by atoms with Gasteiger partial charge in [-0.2, -0.15) is 12.6 Å². The summed E-state index contributed by atoms with van der Waals surface area (Å²) in [5.41, 5.74) is 7.12. The van der Waals surface area contributed by atoms with Crippen LogP contribution in [0.5, 0.6) is 0 Å². The number of carbonyl (C=O) groups is 4. The lowest BCUT2D eigenvalue weighted by molar-refractivity contribution is -0.142. The van der Waals surface area contributed by atoms with Gasteiger partial charge < -0.3 is 36.8 Å². The van der Waals surface area contributed by atoms with Gasteiger partial charge in [-0.3, -0.25) is 14.4 Å². The molecule has 0 spiro atoms. The Bertz CT molecular complexity index is 969. The molecule has 3 amide bonds. The van der Waals surface area contributed by atoms with Crippen molar-refractivity contribution in [3.8, 4) is 0 Å². The predicted molar refractivity (Wildman–Crippen MR) is 129 cm³/mol. The molecule has 0 radical (unpaired) electrons. The third-order valence-electron chi connectivity index (χ3n) is 5.53. The number of carboxylic acids is 1. The highest BCUT2D eigenvalue weighted by molar-refractivity contribution is 7.80. The molecule has 5 unspecified atom stereocenters. The number of nitrogens with zero attached hydrogens (tertiary/aromatic N) is 2. The van der Waals surface area contributed by atoms with Gasteiger partial charge in [-0.05, 0) is 5.92 Å². The van der Waals surface area contributed by atoms with Gasteiger partial charge in [-0.1, -0.05) is 20.3 Å². The second kappa shape index (κ2) is 13.5. The van der Waals surface area contributed by atoms with Crippen molar-refractivity contribution in [3.05, 3.63) is 36.4 Å². The van der Waals surface area contributed by atoms with E-state index < -0.39 is 47.9 Å². The van der Waals surface area contributed by atoms with Crippen LogP contribution in [0.25, 0.3) is 0 Å². The Morgan fingerprint density at radius 1 is 0.971 bits per heavy atom. The molecule has 0 aliphatic rings. The molecule has 0 aromatic carbocycles. The van der Waals surface area contributed by atoms with Crippen LogP contribution in [-0.2, 0) is 32.0 Å². The number of nitrogens with two attached hydrogens (primary N) is 1. The first kappa shape index (κ1) is 27.9. The highest BCUT2D eigenvalue weighted by Gasteiger charge is 2.32. The van der Waals surface area contributed by atoms with Gasteiger partial charge in [0.05, 0.1) is 18.7 Å². The Labute approximate surface area is 207 Å². The van der Waals surface area contributed by atoms with Crippen LogP contribution < -0.4 is 21.7 Å². The lowest BCUT2D eigenvalue weighted by Crippen LogP contribution is -2.59. The average Bonchev–Trinajstić information content (AvgIpc) is 3.53. The van der Waals surface area contributed by atoms with Crippen LogP contribution in [0, 0.1) is 5.92 Å². The Balaban J connectivity index is 2.04. The summed E-state index contributed by atoms with van der Waals surface area (Å²) >= 11 is 4.15. The van der Waals surface area contributed by atoms with Crippen molar-refractivity contribution in [1.82, 2.24) is 35.9 Å². The van der Waals surface area contributed by atoms with Crippen LogP contribution in [-0.4, -0.2) is 78.7 Å². The van der Waals surface area contributed by atoms with Crippen LogP contribution in [0.1, 0.15) is 31.7 Å². The number of nitrogens with one attached hydrogen (secondary N) is 5. The van der Waals surface area contributed by atoms with E-state index in [1.807, 2.05) is 6.92 Å². The molecule has 0 fully saturated rings. The number of H-pyrrole nitrogens is 2. The van der Waals surface area contributed by atoms with Crippen molar-refractivity contribution in [2.24, 2.45) is 11.7 Å². The Hall–Kier alpha value is -3.39. The molecule has 5 atom stereocenters. The van der Waals surface area contributed by atoms with E-state index in [2.05, 4.69) is 48.5 Å². The third-order valence-corrected chi connectivity index (χ3v) is 5.90. The van der Waals surface area contributed by atoms with E-state index >= 15 is 0 Å². The van der Waals surface area contributed by atoms with Crippen molar-refractivity contribution in [2.75, 3.05) is 5.75 Å². The topological polar surface area (TPSA) is 208 Å². The SMILES string of the molecule is CCC(C)C(NC(=O)C(CS)NC(=O)C(N)Cc1cnc[nH]1)C(=O)NC(Cc1cnc[nH]1)C(=O)O. The van der Waals surface area contributed by atoms with Gasteiger partial charge in [-0.15, -0.1) is 0 Å². The number of rotatable bonds is 14. The maximum absolute atomic E-state index is 13.0. The number of hydrogen-bond donors (Lipinski definition) is 8. The number of carboxylic acid groups (broad SMARTS) is 1. The minimum Gasteiger partial charge on any atom is -0.480 e. The smallest absolute Gasteiger partial charge is 0.326 e. The molecule has 35 heavy (non-hydrogen) atoms. The summed E-state index contributed by atoms with van der Waals surface area (Å²) in [5, 5.41) is 17.2. The largest absolute Gasteiger partial charge is 0.480 e. The maximum atomic E-state index is 13.0. The lowest BCUT2D eigenvalue weighted by atomic mass is 9.97. The van der Waals surface area contributed by atoms with Gasteiger partial charge in [0.25, 0.3) is 0 Å². The molecular formula is C21H32N8O5S. The second-order valence-electron chi connectivity index (χ2n) is 8.18. The molecule has 192 valence electrons. The number of amides is 3. The number of aromatic amines is 2. The monoisotopic (exact) mass is 508 g/mol. The normalized spacial score (nSPS) is 15.3. The van der Waals surface area contributed by atoms with E-state index in [4.69, 9.17) is 5.73 Å². The molecule has 0 bridgehead atoms. The summed E-state index contributed by atoms with van der Waals surface area (Å²) in [6, 6.07) is -4.25. The van der Waals surface area contributed by atoms with Crippen molar-refractivity contribution >= 4 is 36.3 Å². The zero-order chi connectivity index (χ0) is 26.0. The zero-order valence-electron chi connectivity index (χ0n) is 19.5. The summed E-state index contributed by atoms with van der Waals surface area (Å²) in [7, 11) is 0. The Kier molecular flexibility index (Phi) is 10.7. The first-order valence-corrected chi connectivity index (χ1v) is 11.7. The van der Waals surface area contributed by atoms with Crippen LogP contribution in [0.4, 0.5) is 0 Å². The summed E-state index contributed by atoms with van der Waals surface area (Å²) in [6.45, 7) is 3.59. The summed E-state index contributed by atoms with van der Waals surface area (Å²) in [5.74, 6) is -3.44. The van der Waals surface area contributed by atoms with E-state index in [1.165, 1.54) is 18.9 Å². The van der Waals surface area contributed by atoms with Gasteiger partial charge in [0.15, 0.2) is 0 Å². The molecule has 8 N–H and O–H groups in total. The minimum absolute atomic E-state index is 0.00815. The highest BCUT2D eigenvalue weighted by Crippen LogP contribution is 2.10. The molecule has 2 rings (SSSR count). The van der Waals surface area contributed by atoms with Crippen LogP contribution in [0.3, 0.4) is 0 Å². The molecule has 13 nitrogen and oxygen atoms in total. The highest BCUT2D eigenvalue weighted by atomic mass is 32.1. The van der Waals surface area contributed by atoms with E-state index in [1.54, 1.807) is 13.1 Å². The number of hydrogen-bond acceptors (Lipinski definition) is 8. The van der Waals surface area contributed by atoms with Crippen molar-refractivity contribution in [3.63, 3.8) is 0 Å². The summed E-state index contributed by atoms with van der Waals surface area (Å²) < 4.78 is 0. The van der Waals surface area contributed by atoms with Gasteiger partial charge in [-0.25, -0.2) is 14.8 Å². The fourth-order valence-corrected chi connectivity index (χ4v) is 3.49. The first-order chi connectivity index (χ1) is 16.7. The van der Waals surface area contributed by atoms with E-state index in [-0.39, 0.29) is 24.5 Å². The Morgan fingerprint density at radius 3 is 2.03 bits per heavy atom. The van der Waals surface area contributed by atoms with Crippen LogP contribution in [0.15, 0.2) is 25.0 Å². The summed E-state index contributed by atoms with van der Waals surface area (Å²) in [4.78, 5) is 63.4. The third kappa shape index (κ3) is 8.40. The van der Waals surface area contributed by atoms with E-state index in [0.717, 1.165) is 0 Å². The molecule has 0 saturated carbocycles. The van der Waals surface area contributed by atoms with Gasteiger partial charge >= 0.3 is 5.97 Å². The molecule has 2 heterocycles. The Morgan fingerprint density at radius 2 is 1.54 bits per heavy atom. The molecular weight excluding hydrogens is 476 g/mol. The number of thiol groups is 1. The molecule has 0 aliphatic heterocycles. The number of aliphatic carboxylic acids is 1. The maximum Gasteiger partial charge on any atom is 0.326 e. The lowest BCUT2D eigenvalue weighted by Gasteiger charge is -2.27. The first-order valence-electron chi connectivity index (χ1n) is 11.1. The van der Waals surface area contributed by atoms with Crippen LogP contribution >= 0.6 is 12.6 Å². The molecule has 14 heteroatoms. The van der Waals surface area contributed by atoms with Crippen LogP contribution in [0.2, 0.25) is 0 Å². The van der Waals surface area contributed by atoms with Gasteiger partial charge in [0.2, 0.25) is 17.7 Å². The molecule has 0 saturated heterocycles. The molecule has 2 aromatic heterocycles. The number of aromatic nitrogens is 4. The molecule has 0 aliphatic carbocycles. The minimum atomic E-state index is -1.23. The van der Waals surface area contributed by atoms with Gasteiger partial charge in [0.1, 0.15) is 18.1 Å². The second-order valence-corrected chi connectivity index (χ2v) is 8.55. The summed E-state index contributed by atoms with van der Waals surface area (Å²) in [6.07, 6.45) is 6.60.